The van der Waals surface area contributed by atoms with Crippen LogP contribution in [0.4, 0.5) is 0 Å². The zero-order chi connectivity index (χ0) is 14.4. The number of rotatable bonds is 5. The minimum atomic E-state index is 0.462. The maximum Gasteiger partial charge on any atom is 0.191 e. The van der Waals surface area contributed by atoms with Crippen LogP contribution >= 0.6 is 15.9 Å². The zero-order valence-corrected chi connectivity index (χ0v) is 14.1. The lowest BCUT2D eigenvalue weighted by atomic mass is 10.1. The van der Waals surface area contributed by atoms with Crippen LogP contribution in [0.3, 0.4) is 0 Å². The van der Waals surface area contributed by atoms with Gasteiger partial charge in [0.2, 0.25) is 0 Å². The van der Waals surface area contributed by atoms with Crippen molar-refractivity contribution >= 4 is 21.9 Å². The Labute approximate surface area is 125 Å². The number of nitrogens with one attached hydrogen (secondary N) is 2. The van der Waals surface area contributed by atoms with Crippen LogP contribution in [0.2, 0.25) is 0 Å². The molecule has 0 saturated carbocycles. The predicted molar refractivity (Wildman–Crippen MR) is 86.8 cm³/mol. The molecule has 19 heavy (non-hydrogen) atoms. The van der Waals surface area contributed by atoms with E-state index in [1.54, 1.807) is 0 Å². The predicted octanol–water partition coefficient (Wildman–Crippen LogP) is 2.18. The fraction of sp³-hybridized carbons (Fsp3) is 0.786. The second-order valence-electron chi connectivity index (χ2n) is 5.49. The molecule has 1 rings (SSSR count). The van der Waals surface area contributed by atoms with Gasteiger partial charge in [0.25, 0.3) is 0 Å². The summed E-state index contributed by atoms with van der Waals surface area (Å²) in [6, 6.07) is 1.07. The van der Waals surface area contributed by atoms with Gasteiger partial charge in [0.1, 0.15) is 0 Å². The van der Waals surface area contributed by atoms with Crippen LogP contribution < -0.4 is 10.6 Å². The molecule has 0 radical (unpaired) electrons. The van der Waals surface area contributed by atoms with E-state index in [4.69, 9.17) is 0 Å². The van der Waals surface area contributed by atoms with E-state index in [-0.39, 0.29) is 0 Å². The van der Waals surface area contributed by atoms with Crippen molar-refractivity contribution < 1.29 is 0 Å². The number of nitrogens with zero attached hydrogens (tertiary/aromatic N) is 2. The van der Waals surface area contributed by atoms with E-state index in [2.05, 4.69) is 70.7 Å². The Balaban J connectivity index is 2.59. The van der Waals surface area contributed by atoms with Gasteiger partial charge in [-0.05, 0) is 26.7 Å². The summed E-state index contributed by atoms with van der Waals surface area (Å²) in [7, 11) is 0. The van der Waals surface area contributed by atoms with Crippen molar-refractivity contribution in [1.29, 1.82) is 0 Å². The summed E-state index contributed by atoms with van der Waals surface area (Å²) in [6.45, 7) is 16.4. The molecule has 1 heterocycles. The summed E-state index contributed by atoms with van der Waals surface area (Å²) >= 11 is 3.34. The van der Waals surface area contributed by atoms with Gasteiger partial charge in [-0.25, -0.2) is 4.99 Å². The summed E-state index contributed by atoms with van der Waals surface area (Å²) in [5, 5.41) is 6.83. The van der Waals surface area contributed by atoms with Crippen LogP contribution in [0.5, 0.6) is 0 Å². The summed E-state index contributed by atoms with van der Waals surface area (Å²) in [5.74, 6) is 1.52. The number of guanidine groups is 1. The normalized spacial score (nSPS) is 24.8. The molecule has 2 unspecified atom stereocenters. The summed E-state index contributed by atoms with van der Waals surface area (Å²) in [5.41, 5.74) is 0. The van der Waals surface area contributed by atoms with Crippen molar-refractivity contribution in [1.82, 2.24) is 15.5 Å². The lowest BCUT2D eigenvalue weighted by Crippen LogP contribution is -2.46. The first-order valence-electron chi connectivity index (χ1n) is 7.06. The van der Waals surface area contributed by atoms with Gasteiger partial charge in [-0.1, -0.05) is 29.4 Å². The maximum absolute atomic E-state index is 4.51. The van der Waals surface area contributed by atoms with Crippen LogP contribution in [0.1, 0.15) is 27.7 Å². The van der Waals surface area contributed by atoms with Crippen LogP contribution in [-0.2, 0) is 0 Å². The average molecular weight is 331 g/mol. The van der Waals surface area contributed by atoms with E-state index in [0.29, 0.717) is 24.5 Å². The number of hydrogen-bond donors (Lipinski definition) is 2. The molecule has 1 saturated heterocycles. The Hall–Kier alpha value is -0.550. The molecule has 5 heteroatoms. The molecule has 0 bridgehead atoms. The molecule has 110 valence electrons. The van der Waals surface area contributed by atoms with Gasteiger partial charge in [-0.2, -0.15) is 0 Å². The molecule has 2 N–H and O–H groups in total. The van der Waals surface area contributed by atoms with Crippen molar-refractivity contribution in [2.24, 2.45) is 10.9 Å². The third-order valence-electron chi connectivity index (χ3n) is 3.45. The smallest absolute Gasteiger partial charge is 0.191 e. The van der Waals surface area contributed by atoms with Gasteiger partial charge in [0, 0.05) is 36.2 Å². The highest BCUT2D eigenvalue weighted by atomic mass is 79.9. The number of aliphatic imine (C=N–C) groups is 1. The average Bonchev–Trinajstić information content (AvgIpc) is 2.68. The monoisotopic (exact) mass is 330 g/mol. The highest BCUT2D eigenvalue weighted by molar-refractivity contribution is 9.11. The van der Waals surface area contributed by atoms with Gasteiger partial charge in [0.15, 0.2) is 5.96 Å². The standard InChI is InChI=1S/C14H27BrN4/c1-6-16-14(17-7-12(5)15)18-13-9-19(10(2)3)8-11(13)4/h10-11,13H,5-9H2,1-4H3,(H2,16,17,18). The Bertz CT molecular complexity index is 327. The van der Waals surface area contributed by atoms with E-state index < -0.39 is 0 Å². The van der Waals surface area contributed by atoms with Crippen LogP contribution in [-0.4, -0.2) is 49.1 Å². The molecule has 2 atom stereocenters. The van der Waals surface area contributed by atoms with Crippen molar-refractivity contribution in [2.75, 3.05) is 26.2 Å². The first-order chi connectivity index (χ1) is 8.93. The van der Waals surface area contributed by atoms with E-state index in [1.807, 2.05) is 0 Å². The van der Waals surface area contributed by atoms with Gasteiger partial charge < -0.3 is 10.6 Å². The Morgan fingerprint density at radius 3 is 2.63 bits per heavy atom. The van der Waals surface area contributed by atoms with E-state index >= 15 is 0 Å². The minimum absolute atomic E-state index is 0.462. The Morgan fingerprint density at radius 2 is 2.16 bits per heavy atom. The summed E-state index contributed by atoms with van der Waals surface area (Å²) in [4.78, 5) is 7.02. The minimum Gasteiger partial charge on any atom is -0.357 e. The topological polar surface area (TPSA) is 39.7 Å². The second kappa shape index (κ2) is 7.90. The van der Waals surface area contributed by atoms with E-state index in [1.165, 1.54) is 0 Å². The molecule has 0 aliphatic carbocycles. The second-order valence-corrected chi connectivity index (χ2v) is 6.61. The first kappa shape index (κ1) is 16.5. The molecular formula is C14H27BrN4. The third-order valence-corrected chi connectivity index (χ3v) is 3.70. The third kappa shape index (κ3) is 5.53. The molecule has 0 aromatic carbocycles. The molecule has 0 amide bonds. The Kier molecular flexibility index (Phi) is 6.86. The SMILES string of the molecule is C=C(Br)CN=C(NCC)NC1CN(C(C)C)CC1C. The molecule has 0 spiro atoms. The van der Waals surface area contributed by atoms with Crippen LogP contribution in [0.25, 0.3) is 0 Å². The van der Waals surface area contributed by atoms with Gasteiger partial charge in [-0.15, -0.1) is 0 Å². The van der Waals surface area contributed by atoms with Crippen molar-refractivity contribution in [2.45, 2.75) is 39.8 Å². The molecule has 4 nitrogen and oxygen atoms in total. The highest BCUT2D eigenvalue weighted by Gasteiger charge is 2.31. The number of hydrogen-bond acceptors (Lipinski definition) is 2. The van der Waals surface area contributed by atoms with E-state index in [0.717, 1.165) is 30.1 Å². The molecule has 0 aromatic rings. The molecular weight excluding hydrogens is 304 g/mol. The fourth-order valence-electron chi connectivity index (χ4n) is 2.27. The Morgan fingerprint density at radius 1 is 1.47 bits per heavy atom. The largest absolute Gasteiger partial charge is 0.357 e. The van der Waals surface area contributed by atoms with Crippen molar-refractivity contribution in [3.63, 3.8) is 0 Å². The first-order valence-corrected chi connectivity index (χ1v) is 7.85. The van der Waals surface area contributed by atoms with Crippen molar-refractivity contribution in [3.8, 4) is 0 Å². The van der Waals surface area contributed by atoms with Crippen LogP contribution in [0.15, 0.2) is 16.1 Å². The number of likely N-dealkylation sites (tertiary alicyclic amines) is 1. The maximum atomic E-state index is 4.51. The van der Waals surface area contributed by atoms with E-state index in [9.17, 15) is 0 Å². The lowest BCUT2D eigenvalue weighted by molar-refractivity contribution is 0.265. The molecule has 0 aromatic heterocycles. The van der Waals surface area contributed by atoms with Crippen molar-refractivity contribution in [3.05, 3.63) is 11.1 Å². The zero-order valence-electron chi connectivity index (χ0n) is 12.5. The van der Waals surface area contributed by atoms with Crippen LogP contribution in [0, 0.1) is 5.92 Å². The quantitative estimate of drug-likeness (QED) is 0.599. The summed E-state index contributed by atoms with van der Waals surface area (Å²) < 4.78 is 0.896. The van der Waals surface area contributed by atoms with Gasteiger partial charge in [0.05, 0.1) is 6.54 Å². The molecule has 1 fully saturated rings. The summed E-state index contributed by atoms with van der Waals surface area (Å²) in [6.07, 6.45) is 0. The molecule has 1 aliphatic rings. The highest BCUT2D eigenvalue weighted by Crippen LogP contribution is 2.18. The number of halogens is 1. The van der Waals surface area contributed by atoms with Gasteiger partial charge in [-0.3, -0.25) is 4.90 Å². The lowest BCUT2D eigenvalue weighted by Gasteiger charge is -2.21. The molecule has 1 aliphatic heterocycles. The van der Waals surface area contributed by atoms with Gasteiger partial charge >= 0.3 is 0 Å². The fourth-order valence-corrected chi connectivity index (χ4v) is 2.40.